The second kappa shape index (κ2) is 3.11. The van der Waals surface area contributed by atoms with Crippen molar-refractivity contribution in [2.24, 2.45) is 0 Å². The number of hydrogen-bond donors (Lipinski definition) is 2. The SMILES string of the molecule is O=c1ccc(CNC2CC2)c[nH]1. The first-order valence-electron chi connectivity index (χ1n) is 4.25. The summed E-state index contributed by atoms with van der Waals surface area (Å²) in [5.41, 5.74) is 1.10. The van der Waals surface area contributed by atoms with Crippen molar-refractivity contribution in [3.63, 3.8) is 0 Å². The van der Waals surface area contributed by atoms with E-state index in [0.717, 1.165) is 18.2 Å². The van der Waals surface area contributed by atoms with Crippen LogP contribution >= 0.6 is 0 Å². The first kappa shape index (κ1) is 7.55. The largest absolute Gasteiger partial charge is 0.329 e. The minimum Gasteiger partial charge on any atom is -0.329 e. The van der Waals surface area contributed by atoms with E-state index in [2.05, 4.69) is 10.3 Å². The van der Waals surface area contributed by atoms with Gasteiger partial charge < -0.3 is 10.3 Å². The third kappa shape index (κ3) is 1.95. The molecule has 0 spiro atoms. The van der Waals surface area contributed by atoms with Crippen molar-refractivity contribution < 1.29 is 0 Å². The molecule has 0 atom stereocenters. The molecule has 1 fully saturated rings. The standard InChI is InChI=1S/C9H12N2O/c12-9-4-1-7(6-11-9)5-10-8-2-3-8/h1,4,6,8,10H,2-3,5H2,(H,11,12). The van der Waals surface area contributed by atoms with Crippen LogP contribution in [0.2, 0.25) is 0 Å². The maximum atomic E-state index is 10.7. The summed E-state index contributed by atoms with van der Waals surface area (Å²) in [5, 5.41) is 3.37. The molecule has 1 saturated carbocycles. The lowest BCUT2D eigenvalue weighted by molar-refractivity contribution is 0.685. The molecule has 1 aliphatic rings. The zero-order valence-electron chi connectivity index (χ0n) is 6.84. The van der Waals surface area contributed by atoms with Crippen LogP contribution in [0.25, 0.3) is 0 Å². The summed E-state index contributed by atoms with van der Waals surface area (Å²) >= 11 is 0. The number of H-pyrrole nitrogens is 1. The average molecular weight is 164 g/mol. The zero-order chi connectivity index (χ0) is 8.39. The lowest BCUT2D eigenvalue weighted by Gasteiger charge is -2.00. The summed E-state index contributed by atoms with van der Waals surface area (Å²) in [7, 11) is 0. The van der Waals surface area contributed by atoms with Crippen LogP contribution in [0.15, 0.2) is 23.1 Å². The van der Waals surface area contributed by atoms with E-state index in [4.69, 9.17) is 0 Å². The third-order valence-corrected chi connectivity index (χ3v) is 2.02. The summed E-state index contributed by atoms with van der Waals surface area (Å²) < 4.78 is 0. The Kier molecular flexibility index (Phi) is 1.96. The van der Waals surface area contributed by atoms with Crippen LogP contribution in [0.5, 0.6) is 0 Å². The Balaban J connectivity index is 1.93. The molecule has 0 saturated heterocycles. The number of aromatic amines is 1. The zero-order valence-corrected chi connectivity index (χ0v) is 6.84. The predicted octanol–water partition coefficient (Wildman–Crippen LogP) is 0.627. The minimum absolute atomic E-state index is 0.0369. The second-order valence-corrected chi connectivity index (χ2v) is 3.22. The van der Waals surface area contributed by atoms with E-state index in [1.807, 2.05) is 6.07 Å². The summed E-state index contributed by atoms with van der Waals surface area (Å²) in [6.45, 7) is 0.863. The molecule has 0 aromatic carbocycles. The molecule has 1 aliphatic carbocycles. The molecule has 2 rings (SSSR count). The Hall–Kier alpha value is -1.09. The van der Waals surface area contributed by atoms with Gasteiger partial charge in [-0.1, -0.05) is 6.07 Å². The van der Waals surface area contributed by atoms with Crippen LogP contribution < -0.4 is 10.9 Å². The van der Waals surface area contributed by atoms with E-state index >= 15 is 0 Å². The van der Waals surface area contributed by atoms with Crippen LogP contribution in [0.4, 0.5) is 0 Å². The summed E-state index contributed by atoms with van der Waals surface area (Å²) in [6.07, 6.45) is 4.35. The average Bonchev–Trinajstić information content (AvgIpc) is 2.87. The molecule has 1 aromatic heterocycles. The van der Waals surface area contributed by atoms with E-state index in [-0.39, 0.29) is 5.56 Å². The van der Waals surface area contributed by atoms with Gasteiger partial charge in [-0.2, -0.15) is 0 Å². The molecular formula is C9H12N2O. The topological polar surface area (TPSA) is 44.9 Å². The van der Waals surface area contributed by atoms with Gasteiger partial charge in [0, 0.05) is 24.8 Å². The van der Waals surface area contributed by atoms with Crippen molar-refractivity contribution in [2.45, 2.75) is 25.4 Å². The molecule has 2 N–H and O–H groups in total. The van der Waals surface area contributed by atoms with Gasteiger partial charge in [-0.15, -0.1) is 0 Å². The van der Waals surface area contributed by atoms with Crippen LogP contribution in [-0.4, -0.2) is 11.0 Å². The van der Waals surface area contributed by atoms with Gasteiger partial charge in [0.1, 0.15) is 0 Å². The van der Waals surface area contributed by atoms with Crippen molar-refractivity contribution in [3.8, 4) is 0 Å². The van der Waals surface area contributed by atoms with Gasteiger partial charge in [-0.05, 0) is 18.4 Å². The molecule has 0 radical (unpaired) electrons. The molecule has 3 heteroatoms. The lowest BCUT2D eigenvalue weighted by atomic mass is 10.3. The first-order chi connectivity index (χ1) is 5.84. The monoisotopic (exact) mass is 164 g/mol. The van der Waals surface area contributed by atoms with Gasteiger partial charge in [-0.3, -0.25) is 4.79 Å². The van der Waals surface area contributed by atoms with Crippen LogP contribution in [0, 0.1) is 0 Å². The van der Waals surface area contributed by atoms with E-state index in [9.17, 15) is 4.79 Å². The Bertz CT molecular complexity index is 294. The Morgan fingerprint density at radius 1 is 1.50 bits per heavy atom. The van der Waals surface area contributed by atoms with Gasteiger partial charge in [0.2, 0.25) is 5.56 Å². The molecular weight excluding hydrogens is 152 g/mol. The smallest absolute Gasteiger partial charge is 0.247 e. The van der Waals surface area contributed by atoms with E-state index in [1.165, 1.54) is 12.8 Å². The van der Waals surface area contributed by atoms with Crippen molar-refractivity contribution in [3.05, 3.63) is 34.2 Å². The maximum Gasteiger partial charge on any atom is 0.247 e. The fraction of sp³-hybridized carbons (Fsp3) is 0.444. The molecule has 0 unspecified atom stereocenters. The Morgan fingerprint density at radius 3 is 2.92 bits per heavy atom. The van der Waals surface area contributed by atoms with Crippen molar-refractivity contribution in [1.29, 1.82) is 0 Å². The second-order valence-electron chi connectivity index (χ2n) is 3.22. The van der Waals surface area contributed by atoms with E-state index < -0.39 is 0 Å². The molecule has 0 amide bonds. The fourth-order valence-electron chi connectivity index (χ4n) is 1.10. The summed E-state index contributed by atoms with van der Waals surface area (Å²) in [6, 6.07) is 4.13. The maximum absolute atomic E-state index is 10.7. The van der Waals surface area contributed by atoms with Gasteiger partial charge in [-0.25, -0.2) is 0 Å². The van der Waals surface area contributed by atoms with Gasteiger partial charge in [0.25, 0.3) is 0 Å². The van der Waals surface area contributed by atoms with Crippen LogP contribution in [-0.2, 0) is 6.54 Å². The third-order valence-electron chi connectivity index (χ3n) is 2.02. The highest BCUT2D eigenvalue weighted by Gasteiger charge is 2.19. The summed E-state index contributed by atoms with van der Waals surface area (Å²) in [5.74, 6) is 0. The highest BCUT2D eigenvalue weighted by Crippen LogP contribution is 2.18. The fourth-order valence-corrected chi connectivity index (χ4v) is 1.10. The van der Waals surface area contributed by atoms with Crippen LogP contribution in [0.3, 0.4) is 0 Å². The first-order valence-corrected chi connectivity index (χ1v) is 4.25. The van der Waals surface area contributed by atoms with Gasteiger partial charge in [0.05, 0.1) is 0 Å². The molecule has 3 nitrogen and oxygen atoms in total. The van der Waals surface area contributed by atoms with Gasteiger partial charge in [0.15, 0.2) is 0 Å². The normalized spacial score (nSPS) is 16.3. The highest BCUT2D eigenvalue weighted by molar-refractivity contribution is 5.08. The van der Waals surface area contributed by atoms with E-state index in [0.29, 0.717) is 0 Å². The van der Waals surface area contributed by atoms with Gasteiger partial charge >= 0.3 is 0 Å². The lowest BCUT2D eigenvalue weighted by Crippen LogP contribution is -2.16. The molecule has 12 heavy (non-hydrogen) atoms. The van der Waals surface area contributed by atoms with Crippen molar-refractivity contribution in [1.82, 2.24) is 10.3 Å². The molecule has 1 aromatic rings. The summed E-state index contributed by atoms with van der Waals surface area (Å²) in [4.78, 5) is 13.3. The predicted molar refractivity (Wildman–Crippen MR) is 46.9 cm³/mol. The van der Waals surface area contributed by atoms with Crippen molar-refractivity contribution in [2.75, 3.05) is 0 Å². The van der Waals surface area contributed by atoms with Crippen molar-refractivity contribution >= 4 is 0 Å². The number of hydrogen-bond acceptors (Lipinski definition) is 2. The molecule has 64 valence electrons. The Morgan fingerprint density at radius 2 is 2.33 bits per heavy atom. The molecule has 0 aliphatic heterocycles. The quantitative estimate of drug-likeness (QED) is 0.688. The number of pyridine rings is 1. The molecule has 0 bridgehead atoms. The van der Waals surface area contributed by atoms with E-state index in [1.54, 1.807) is 12.3 Å². The molecule has 1 heterocycles. The minimum atomic E-state index is -0.0369. The number of rotatable bonds is 3. The number of nitrogens with one attached hydrogen (secondary N) is 2. The number of aromatic nitrogens is 1. The Labute approximate surface area is 70.8 Å². The van der Waals surface area contributed by atoms with Crippen LogP contribution in [0.1, 0.15) is 18.4 Å². The highest BCUT2D eigenvalue weighted by atomic mass is 16.1.